The Hall–Kier alpha value is -3.48. The van der Waals surface area contributed by atoms with Gasteiger partial charge in [-0.05, 0) is 49.2 Å². The Bertz CT molecular complexity index is 1440. The van der Waals surface area contributed by atoms with Crippen LogP contribution in [0.2, 0.25) is 5.02 Å². The van der Waals surface area contributed by atoms with E-state index < -0.39 is 17.7 Å². The molecule has 3 aromatic carbocycles. The molecule has 0 spiro atoms. The van der Waals surface area contributed by atoms with Crippen molar-refractivity contribution >= 4 is 55.7 Å². The molecule has 1 atom stereocenters. The van der Waals surface area contributed by atoms with E-state index in [1.807, 2.05) is 44.2 Å². The third-order valence-corrected chi connectivity index (χ3v) is 6.96. The van der Waals surface area contributed by atoms with Gasteiger partial charge in [0, 0.05) is 10.6 Å². The van der Waals surface area contributed by atoms with Crippen molar-refractivity contribution in [2.24, 2.45) is 0 Å². The van der Waals surface area contributed by atoms with Gasteiger partial charge in [-0.3, -0.25) is 14.5 Å². The van der Waals surface area contributed by atoms with E-state index >= 15 is 0 Å². The van der Waals surface area contributed by atoms with Gasteiger partial charge in [0.15, 0.2) is 5.13 Å². The average molecular weight is 475 g/mol. The Kier molecular flexibility index (Phi) is 5.27. The second kappa shape index (κ2) is 8.14. The van der Waals surface area contributed by atoms with Crippen molar-refractivity contribution in [2.75, 3.05) is 4.90 Å². The first kappa shape index (κ1) is 21.4. The van der Waals surface area contributed by atoms with Gasteiger partial charge in [0.1, 0.15) is 5.76 Å². The maximum atomic E-state index is 13.3. The number of carbonyl (C=O) groups excluding carboxylic acids is 2. The van der Waals surface area contributed by atoms with Gasteiger partial charge >= 0.3 is 5.91 Å². The fourth-order valence-electron chi connectivity index (χ4n) is 3.98. The van der Waals surface area contributed by atoms with Gasteiger partial charge in [-0.1, -0.05) is 71.0 Å². The first-order valence-corrected chi connectivity index (χ1v) is 11.5. The molecule has 5 rings (SSSR count). The number of aliphatic hydroxyl groups is 1. The number of hydrogen-bond acceptors (Lipinski definition) is 5. The SMILES string of the molecule is Cc1ccc(C(O)=C2C(=O)C(=O)N(c3nc4ccc(C)cc4s3)[C@@H]2c2ccc(Cl)cc2)cc1. The highest BCUT2D eigenvalue weighted by molar-refractivity contribution is 7.22. The summed E-state index contributed by atoms with van der Waals surface area (Å²) in [5.74, 6) is -1.68. The summed E-state index contributed by atoms with van der Waals surface area (Å²) in [4.78, 5) is 32.5. The van der Waals surface area contributed by atoms with Crippen LogP contribution in [0.1, 0.15) is 28.3 Å². The monoisotopic (exact) mass is 474 g/mol. The van der Waals surface area contributed by atoms with Crippen LogP contribution in [0.15, 0.2) is 72.3 Å². The van der Waals surface area contributed by atoms with Crippen molar-refractivity contribution in [3.63, 3.8) is 0 Å². The molecule has 1 N–H and O–H groups in total. The van der Waals surface area contributed by atoms with Crippen LogP contribution in [0, 0.1) is 13.8 Å². The van der Waals surface area contributed by atoms with E-state index in [9.17, 15) is 14.7 Å². The highest BCUT2D eigenvalue weighted by atomic mass is 35.5. The summed E-state index contributed by atoms with van der Waals surface area (Å²) in [6, 6.07) is 19.1. The first-order chi connectivity index (χ1) is 15.8. The lowest BCUT2D eigenvalue weighted by Gasteiger charge is -2.23. The Balaban J connectivity index is 1.73. The van der Waals surface area contributed by atoms with Gasteiger partial charge in [-0.25, -0.2) is 4.98 Å². The number of thiazole rings is 1. The predicted octanol–water partition coefficient (Wildman–Crippen LogP) is 6.19. The number of ketones is 1. The van der Waals surface area contributed by atoms with Crippen molar-refractivity contribution in [3.8, 4) is 0 Å². The maximum Gasteiger partial charge on any atom is 0.301 e. The summed E-state index contributed by atoms with van der Waals surface area (Å²) in [5, 5.41) is 12.1. The highest BCUT2D eigenvalue weighted by Crippen LogP contribution is 2.44. The number of nitrogens with zero attached hydrogens (tertiary/aromatic N) is 2. The number of fused-ring (bicyclic) bond motifs is 1. The summed E-state index contributed by atoms with van der Waals surface area (Å²) >= 11 is 7.43. The number of Topliss-reactive ketones (excluding diaryl/α,β-unsaturated/α-hetero) is 1. The standard InChI is InChI=1S/C26H19ClN2O3S/c1-14-3-6-17(7-4-14)23(30)21-22(16-8-10-18(27)11-9-16)29(25(32)24(21)31)26-28-19-12-5-15(2)13-20(19)33-26/h3-13,22,30H,1-2H3/t22-/m1/s1. The molecule has 1 saturated heterocycles. The van der Waals surface area contributed by atoms with E-state index in [0.29, 0.717) is 21.3 Å². The fraction of sp³-hybridized carbons (Fsp3) is 0.115. The molecule has 1 aliphatic rings. The van der Waals surface area contributed by atoms with Gasteiger partial charge in [0.05, 0.1) is 21.8 Å². The number of rotatable bonds is 3. The van der Waals surface area contributed by atoms with Crippen LogP contribution >= 0.6 is 22.9 Å². The zero-order chi connectivity index (χ0) is 23.3. The number of aryl methyl sites for hydroxylation is 2. The summed E-state index contributed by atoms with van der Waals surface area (Å²) in [5.41, 5.74) is 4.00. The topological polar surface area (TPSA) is 70.5 Å². The summed E-state index contributed by atoms with van der Waals surface area (Å²) in [6.45, 7) is 3.92. The highest BCUT2D eigenvalue weighted by Gasteiger charge is 2.48. The number of carbonyl (C=O) groups is 2. The third-order valence-electron chi connectivity index (χ3n) is 5.69. The van der Waals surface area contributed by atoms with Gasteiger partial charge in [0.25, 0.3) is 5.78 Å². The average Bonchev–Trinajstić information content (AvgIpc) is 3.32. The van der Waals surface area contributed by atoms with Crippen molar-refractivity contribution in [3.05, 3.63) is 99.6 Å². The molecule has 1 aliphatic heterocycles. The predicted molar refractivity (Wildman–Crippen MR) is 132 cm³/mol. The zero-order valence-corrected chi connectivity index (χ0v) is 19.4. The number of halogens is 1. The van der Waals surface area contributed by atoms with E-state index in [1.165, 1.54) is 16.2 Å². The number of aromatic nitrogens is 1. The Morgan fingerprint density at radius 1 is 0.970 bits per heavy atom. The molecule has 5 nitrogen and oxygen atoms in total. The number of benzene rings is 3. The number of aliphatic hydroxyl groups excluding tert-OH is 1. The molecule has 1 fully saturated rings. The van der Waals surface area contributed by atoms with Gasteiger partial charge < -0.3 is 5.11 Å². The minimum atomic E-state index is -0.828. The van der Waals surface area contributed by atoms with Crippen molar-refractivity contribution < 1.29 is 14.7 Å². The van der Waals surface area contributed by atoms with E-state index in [2.05, 4.69) is 4.98 Å². The molecule has 0 aliphatic carbocycles. The van der Waals surface area contributed by atoms with Crippen molar-refractivity contribution in [1.82, 2.24) is 4.98 Å². The molecule has 0 saturated carbocycles. The van der Waals surface area contributed by atoms with Crippen LogP contribution in [-0.2, 0) is 9.59 Å². The largest absolute Gasteiger partial charge is 0.507 e. The smallest absolute Gasteiger partial charge is 0.301 e. The Morgan fingerprint density at radius 3 is 2.33 bits per heavy atom. The third kappa shape index (κ3) is 3.71. The molecule has 0 unspecified atom stereocenters. The van der Waals surface area contributed by atoms with Crippen LogP contribution in [0.4, 0.5) is 5.13 Å². The quantitative estimate of drug-likeness (QED) is 0.218. The molecule has 164 valence electrons. The first-order valence-electron chi connectivity index (χ1n) is 10.3. The summed E-state index contributed by atoms with van der Waals surface area (Å²) in [7, 11) is 0. The molecule has 33 heavy (non-hydrogen) atoms. The number of anilines is 1. The van der Waals surface area contributed by atoms with Crippen LogP contribution in [0.3, 0.4) is 0 Å². The van der Waals surface area contributed by atoms with Gasteiger partial charge in [-0.15, -0.1) is 0 Å². The second-order valence-corrected chi connectivity index (χ2v) is 9.50. The molecular formula is C26H19ClN2O3S. The molecule has 0 bridgehead atoms. The Morgan fingerprint density at radius 2 is 1.64 bits per heavy atom. The van der Waals surface area contributed by atoms with E-state index in [1.54, 1.807) is 36.4 Å². The molecule has 1 aromatic heterocycles. The minimum absolute atomic E-state index is 0.0293. The normalized spacial score (nSPS) is 17.8. The lowest BCUT2D eigenvalue weighted by Crippen LogP contribution is -2.29. The van der Waals surface area contributed by atoms with Gasteiger partial charge in [0.2, 0.25) is 0 Å². The summed E-state index contributed by atoms with van der Waals surface area (Å²) < 4.78 is 0.917. The lowest BCUT2D eigenvalue weighted by atomic mass is 9.95. The van der Waals surface area contributed by atoms with E-state index in [0.717, 1.165) is 21.3 Å². The van der Waals surface area contributed by atoms with Crippen LogP contribution in [-0.4, -0.2) is 21.8 Å². The van der Waals surface area contributed by atoms with Crippen LogP contribution in [0.5, 0.6) is 0 Å². The minimum Gasteiger partial charge on any atom is -0.507 e. The maximum absolute atomic E-state index is 13.3. The van der Waals surface area contributed by atoms with E-state index in [-0.39, 0.29) is 11.3 Å². The Labute approximate surface area is 199 Å². The van der Waals surface area contributed by atoms with E-state index in [4.69, 9.17) is 11.6 Å². The molecular weight excluding hydrogens is 456 g/mol. The summed E-state index contributed by atoms with van der Waals surface area (Å²) in [6.07, 6.45) is 0. The molecule has 1 amide bonds. The van der Waals surface area contributed by atoms with Gasteiger partial charge in [-0.2, -0.15) is 0 Å². The molecule has 4 aromatic rings. The van der Waals surface area contributed by atoms with Crippen molar-refractivity contribution in [1.29, 1.82) is 0 Å². The fourth-order valence-corrected chi connectivity index (χ4v) is 5.20. The lowest BCUT2D eigenvalue weighted by molar-refractivity contribution is -0.132. The zero-order valence-electron chi connectivity index (χ0n) is 17.9. The van der Waals surface area contributed by atoms with Crippen LogP contribution < -0.4 is 4.90 Å². The van der Waals surface area contributed by atoms with Crippen LogP contribution in [0.25, 0.3) is 16.0 Å². The number of hydrogen-bond donors (Lipinski definition) is 1. The molecule has 7 heteroatoms. The number of amides is 1. The second-order valence-electron chi connectivity index (χ2n) is 8.05. The van der Waals surface area contributed by atoms with Crippen molar-refractivity contribution in [2.45, 2.75) is 19.9 Å². The molecule has 0 radical (unpaired) electrons. The molecule has 2 heterocycles.